The van der Waals surface area contributed by atoms with Gasteiger partial charge in [-0.3, -0.25) is 9.59 Å². The molecule has 0 saturated heterocycles. The summed E-state index contributed by atoms with van der Waals surface area (Å²) in [4.78, 5) is 47.3. The van der Waals surface area contributed by atoms with Crippen LogP contribution in [0.3, 0.4) is 0 Å². The molecule has 2 amide bonds. The molecule has 1 aliphatic carbocycles. The van der Waals surface area contributed by atoms with Gasteiger partial charge in [0.25, 0.3) is 0 Å². The summed E-state index contributed by atoms with van der Waals surface area (Å²) < 4.78 is 10.4. The lowest BCUT2D eigenvalue weighted by Crippen LogP contribution is -2.59. The summed E-state index contributed by atoms with van der Waals surface area (Å²) in [5.74, 6) is -4.98. The van der Waals surface area contributed by atoms with Crippen molar-refractivity contribution in [2.75, 3.05) is 0 Å². The van der Waals surface area contributed by atoms with Crippen LogP contribution < -0.4 is 10.6 Å². The summed E-state index contributed by atoms with van der Waals surface area (Å²) in [6.07, 6.45) is -1.92. The van der Waals surface area contributed by atoms with Crippen molar-refractivity contribution in [2.24, 2.45) is 11.8 Å². The smallest absolute Gasteiger partial charge is 0.407 e. The highest BCUT2D eigenvalue weighted by Crippen LogP contribution is 2.32. The number of aliphatic carboxylic acids is 2. The van der Waals surface area contributed by atoms with Crippen molar-refractivity contribution in [3.63, 3.8) is 0 Å². The van der Waals surface area contributed by atoms with Crippen molar-refractivity contribution < 1.29 is 38.9 Å². The van der Waals surface area contributed by atoms with E-state index >= 15 is 0 Å². The third-order valence-corrected chi connectivity index (χ3v) is 4.03. The Morgan fingerprint density at radius 1 is 0.714 bits per heavy atom. The molecule has 0 radical (unpaired) electrons. The molecule has 0 aromatic carbocycles. The van der Waals surface area contributed by atoms with E-state index in [1.165, 1.54) is 0 Å². The van der Waals surface area contributed by atoms with Gasteiger partial charge < -0.3 is 30.3 Å². The molecule has 0 heterocycles. The molecule has 160 valence electrons. The average molecular weight is 402 g/mol. The van der Waals surface area contributed by atoms with E-state index in [2.05, 4.69) is 10.6 Å². The third-order valence-electron chi connectivity index (χ3n) is 4.03. The average Bonchev–Trinajstić information content (AvgIpc) is 2.43. The number of carboxylic acid groups (broad SMARTS) is 2. The molecule has 1 aliphatic rings. The van der Waals surface area contributed by atoms with Crippen molar-refractivity contribution in [1.82, 2.24) is 10.6 Å². The molecule has 1 fully saturated rings. The van der Waals surface area contributed by atoms with Crippen molar-refractivity contribution in [3.8, 4) is 0 Å². The SMILES string of the molecule is CC(C)(C)OC(=O)N[C@H]1C[C@H](C(=O)O)[C@H](C(=O)O)C[C@H]1NC(=O)OC(C)(C)C. The summed E-state index contributed by atoms with van der Waals surface area (Å²) in [5.41, 5.74) is -1.55. The summed E-state index contributed by atoms with van der Waals surface area (Å²) in [6.45, 7) is 10.0. The fourth-order valence-corrected chi connectivity index (χ4v) is 2.99. The van der Waals surface area contributed by atoms with Crippen LogP contribution in [0.5, 0.6) is 0 Å². The van der Waals surface area contributed by atoms with Gasteiger partial charge in [0.1, 0.15) is 11.2 Å². The number of carboxylic acids is 2. The Hall–Kier alpha value is -2.52. The van der Waals surface area contributed by atoms with E-state index < -0.39 is 59.2 Å². The predicted octanol–water partition coefficient (Wildman–Crippen LogP) is 1.97. The zero-order valence-electron chi connectivity index (χ0n) is 17.1. The second kappa shape index (κ2) is 8.66. The molecule has 0 spiro atoms. The van der Waals surface area contributed by atoms with E-state index in [1.54, 1.807) is 41.5 Å². The Labute approximate surface area is 163 Å². The maximum Gasteiger partial charge on any atom is 0.407 e. The van der Waals surface area contributed by atoms with Crippen LogP contribution in [-0.2, 0) is 19.1 Å². The minimum Gasteiger partial charge on any atom is -0.481 e. The zero-order valence-corrected chi connectivity index (χ0v) is 17.1. The number of alkyl carbamates (subject to hydrolysis) is 2. The molecule has 1 rings (SSSR count). The molecule has 0 bridgehead atoms. The van der Waals surface area contributed by atoms with Gasteiger partial charge in [0, 0.05) is 0 Å². The summed E-state index contributed by atoms with van der Waals surface area (Å²) in [6, 6.07) is -1.67. The quantitative estimate of drug-likeness (QED) is 0.557. The molecule has 4 N–H and O–H groups in total. The van der Waals surface area contributed by atoms with Gasteiger partial charge in [-0.15, -0.1) is 0 Å². The number of ether oxygens (including phenoxy) is 2. The summed E-state index contributed by atoms with van der Waals surface area (Å²) >= 11 is 0. The van der Waals surface area contributed by atoms with Crippen LogP contribution in [0.25, 0.3) is 0 Å². The van der Waals surface area contributed by atoms with Gasteiger partial charge in [-0.05, 0) is 54.4 Å². The molecule has 0 aromatic rings. The fourth-order valence-electron chi connectivity index (χ4n) is 2.99. The minimum atomic E-state index is -1.28. The highest BCUT2D eigenvalue weighted by atomic mass is 16.6. The Bertz CT molecular complexity index is 566. The van der Waals surface area contributed by atoms with Crippen LogP contribution >= 0.6 is 0 Å². The van der Waals surface area contributed by atoms with Crippen molar-refractivity contribution in [1.29, 1.82) is 0 Å². The lowest BCUT2D eigenvalue weighted by Gasteiger charge is -2.39. The number of carbonyl (C=O) groups excluding carboxylic acids is 2. The van der Waals surface area contributed by atoms with Gasteiger partial charge >= 0.3 is 24.1 Å². The monoisotopic (exact) mass is 402 g/mol. The zero-order chi connectivity index (χ0) is 21.9. The minimum absolute atomic E-state index is 0.175. The molecule has 10 nitrogen and oxygen atoms in total. The topological polar surface area (TPSA) is 151 Å². The van der Waals surface area contributed by atoms with Crippen molar-refractivity contribution in [2.45, 2.75) is 77.7 Å². The molecule has 4 atom stereocenters. The van der Waals surface area contributed by atoms with E-state index in [-0.39, 0.29) is 12.8 Å². The Morgan fingerprint density at radius 2 is 1.00 bits per heavy atom. The van der Waals surface area contributed by atoms with E-state index in [0.29, 0.717) is 0 Å². The van der Waals surface area contributed by atoms with Crippen molar-refractivity contribution in [3.05, 3.63) is 0 Å². The summed E-state index contributed by atoms with van der Waals surface area (Å²) in [7, 11) is 0. The lowest BCUT2D eigenvalue weighted by atomic mass is 9.74. The van der Waals surface area contributed by atoms with Crippen LogP contribution in [0.15, 0.2) is 0 Å². The first-order chi connectivity index (χ1) is 12.6. The molecule has 28 heavy (non-hydrogen) atoms. The molecule has 0 unspecified atom stereocenters. The van der Waals surface area contributed by atoms with E-state index in [0.717, 1.165) is 0 Å². The number of hydrogen-bond acceptors (Lipinski definition) is 6. The Balaban J connectivity index is 3.02. The Kier molecular flexibility index (Phi) is 7.27. The Morgan fingerprint density at radius 3 is 1.21 bits per heavy atom. The van der Waals surface area contributed by atoms with Crippen LogP contribution in [0, 0.1) is 11.8 Å². The predicted molar refractivity (Wildman–Crippen MR) is 97.8 cm³/mol. The van der Waals surface area contributed by atoms with Gasteiger partial charge in [0.05, 0.1) is 23.9 Å². The molecule has 0 aliphatic heterocycles. The van der Waals surface area contributed by atoms with Gasteiger partial charge in [-0.25, -0.2) is 9.59 Å². The number of hydrogen-bond donors (Lipinski definition) is 4. The maximum atomic E-state index is 12.1. The first kappa shape index (κ1) is 23.5. The van der Waals surface area contributed by atoms with Gasteiger partial charge in [-0.1, -0.05) is 0 Å². The first-order valence-electron chi connectivity index (χ1n) is 9.03. The van der Waals surface area contributed by atoms with Crippen LogP contribution in [0.2, 0.25) is 0 Å². The molecular formula is C18H30N2O8. The normalized spacial score (nSPS) is 25.4. The molecular weight excluding hydrogens is 372 g/mol. The number of carbonyl (C=O) groups is 4. The fraction of sp³-hybridized carbons (Fsp3) is 0.778. The van der Waals surface area contributed by atoms with E-state index in [4.69, 9.17) is 9.47 Å². The van der Waals surface area contributed by atoms with Gasteiger partial charge in [0.15, 0.2) is 0 Å². The van der Waals surface area contributed by atoms with Gasteiger partial charge in [-0.2, -0.15) is 0 Å². The third kappa shape index (κ3) is 7.61. The van der Waals surface area contributed by atoms with Crippen LogP contribution in [0.1, 0.15) is 54.4 Å². The first-order valence-corrected chi connectivity index (χ1v) is 9.03. The largest absolute Gasteiger partial charge is 0.481 e. The van der Waals surface area contributed by atoms with Crippen LogP contribution in [-0.4, -0.2) is 57.6 Å². The maximum absolute atomic E-state index is 12.1. The van der Waals surface area contributed by atoms with Crippen LogP contribution in [0.4, 0.5) is 9.59 Å². The number of rotatable bonds is 4. The highest BCUT2D eigenvalue weighted by molar-refractivity contribution is 5.81. The second-order valence-corrected chi connectivity index (χ2v) is 8.87. The number of amides is 2. The lowest BCUT2D eigenvalue weighted by molar-refractivity contribution is -0.156. The second-order valence-electron chi connectivity index (χ2n) is 8.87. The number of nitrogens with one attached hydrogen (secondary N) is 2. The molecule has 10 heteroatoms. The van der Waals surface area contributed by atoms with E-state index in [9.17, 15) is 29.4 Å². The van der Waals surface area contributed by atoms with Crippen molar-refractivity contribution >= 4 is 24.1 Å². The summed E-state index contributed by atoms with van der Waals surface area (Å²) in [5, 5.41) is 23.9. The molecule has 0 aromatic heterocycles. The standard InChI is InChI=1S/C18H30N2O8/c1-17(2,3)27-15(25)19-11-7-9(13(21)22)10(14(23)24)8-12(11)20-16(26)28-18(4,5)6/h9-12H,7-8H2,1-6H3,(H,19,25)(H,20,26)(H,21,22)(H,23,24)/t9-,10+,11-,12+. The molecule has 1 saturated carbocycles. The van der Waals surface area contributed by atoms with Gasteiger partial charge in [0.2, 0.25) is 0 Å². The highest BCUT2D eigenvalue weighted by Gasteiger charge is 2.45. The van der Waals surface area contributed by atoms with E-state index in [1.807, 2.05) is 0 Å².